The van der Waals surface area contributed by atoms with E-state index in [1.54, 1.807) is 0 Å². The average molecular weight is 675 g/mol. The summed E-state index contributed by atoms with van der Waals surface area (Å²) < 4.78 is 17.2. The molecule has 5 nitrogen and oxygen atoms in total. The van der Waals surface area contributed by atoms with E-state index in [1.807, 2.05) is 0 Å². The largest absolute Gasteiger partial charge is 0.379 e. The topological polar surface area (TPSA) is 61.8 Å². The van der Waals surface area contributed by atoms with Crippen LogP contribution in [0.1, 0.15) is 181 Å². The molecule has 0 heterocycles. The van der Waals surface area contributed by atoms with Crippen LogP contribution in [0.15, 0.2) is 0 Å². The van der Waals surface area contributed by atoms with Crippen molar-refractivity contribution in [2.45, 2.75) is 181 Å². The molecule has 7 heteroatoms. The number of unbranched alkanes of at least 4 members (excludes halogenated alkanes) is 18. The molecule has 0 bridgehead atoms. The standard InChI is InChI=1S/C38H74O5S2/c1-3-5-7-9-11-13-15-17-19-21-23-35(33-37(39)44)25-27-41-29-31-43-32-30-42-28-26-36(34-38(40)45)24-22-20-18-16-14-12-10-8-6-4-2/h35-36H,3-34H2,1-2H3,(H,39,44)(H,40,45). The van der Waals surface area contributed by atoms with Gasteiger partial charge >= 0.3 is 0 Å². The lowest BCUT2D eigenvalue weighted by molar-refractivity contribution is -0.112. The molecule has 45 heavy (non-hydrogen) atoms. The van der Waals surface area contributed by atoms with Gasteiger partial charge < -0.3 is 14.2 Å². The fourth-order valence-corrected chi connectivity index (χ4v) is 6.59. The van der Waals surface area contributed by atoms with Crippen LogP contribution in [0.25, 0.3) is 0 Å². The van der Waals surface area contributed by atoms with E-state index in [-0.39, 0.29) is 10.2 Å². The van der Waals surface area contributed by atoms with Crippen LogP contribution in [0.5, 0.6) is 0 Å². The summed E-state index contributed by atoms with van der Waals surface area (Å²) in [5.74, 6) is 0.732. The van der Waals surface area contributed by atoms with Crippen molar-refractivity contribution >= 4 is 35.5 Å². The maximum absolute atomic E-state index is 11.6. The summed E-state index contributed by atoms with van der Waals surface area (Å²) in [5, 5.41) is -0.0319. The fraction of sp³-hybridized carbons (Fsp3) is 0.947. The molecule has 0 aliphatic heterocycles. The first-order chi connectivity index (χ1) is 22.0. The van der Waals surface area contributed by atoms with Crippen LogP contribution in [0.3, 0.4) is 0 Å². The Balaban J connectivity index is 3.74. The number of carbonyl (C=O) groups excluding carboxylic acids is 2. The van der Waals surface area contributed by atoms with Crippen LogP contribution in [0.4, 0.5) is 0 Å². The number of hydrogen-bond donors (Lipinski definition) is 2. The minimum Gasteiger partial charge on any atom is -0.379 e. The van der Waals surface area contributed by atoms with Crippen molar-refractivity contribution in [3.63, 3.8) is 0 Å². The third-order valence-corrected chi connectivity index (χ3v) is 9.31. The molecule has 0 N–H and O–H groups in total. The van der Waals surface area contributed by atoms with Crippen molar-refractivity contribution in [2.75, 3.05) is 39.6 Å². The van der Waals surface area contributed by atoms with E-state index in [9.17, 15) is 9.59 Å². The van der Waals surface area contributed by atoms with Crippen LogP contribution in [0.2, 0.25) is 0 Å². The molecule has 0 spiro atoms. The van der Waals surface area contributed by atoms with Crippen LogP contribution in [-0.2, 0) is 23.8 Å². The van der Waals surface area contributed by atoms with E-state index in [0.29, 0.717) is 64.3 Å². The molecule has 0 aromatic heterocycles. The average Bonchev–Trinajstić information content (AvgIpc) is 3.00. The van der Waals surface area contributed by atoms with Gasteiger partial charge in [-0.1, -0.05) is 142 Å². The van der Waals surface area contributed by atoms with Gasteiger partial charge in [0, 0.05) is 26.1 Å². The van der Waals surface area contributed by atoms with Gasteiger partial charge in [0.25, 0.3) is 0 Å². The summed E-state index contributed by atoms with van der Waals surface area (Å²) >= 11 is 8.05. The van der Waals surface area contributed by atoms with Gasteiger partial charge in [-0.3, -0.25) is 9.59 Å². The molecule has 0 aromatic carbocycles. The molecule has 0 rings (SSSR count). The lowest BCUT2D eigenvalue weighted by Crippen LogP contribution is -2.14. The van der Waals surface area contributed by atoms with Gasteiger partial charge in [0.1, 0.15) is 0 Å². The third-order valence-electron chi connectivity index (χ3n) is 8.94. The summed E-state index contributed by atoms with van der Waals surface area (Å²) in [6.45, 7) is 8.07. The Labute approximate surface area is 290 Å². The van der Waals surface area contributed by atoms with Gasteiger partial charge in [0.2, 0.25) is 0 Å². The summed E-state index contributed by atoms with van der Waals surface area (Å²) in [6.07, 6.45) is 31.7. The van der Waals surface area contributed by atoms with Gasteiger partial charge in [-0.2, -0.15) is 0 Å². The molecular weight excluding hydrogens is 601 g/mol. The Hall–Kier alpha value is -0.0800. The SMILES string of the molecule is CCCCCCCCCCCCC(CCOCCOCCOCCC(CCCCCCCCCCCC)CC(=O)S)CC(=O)S. The zero-order valence-electron chi connectivity index (χ0n) is 29.7. The highest BCUT2D eigenvalue weighted by Crippen LogP contribution is 2.21. The Bertz CT molecular complexity index is 581. The smallest absolute Gasteiger partial charge is 0.186 e. The molecule has 0 aliphatic rings. The molecule has 2 unspecified atom stereocenters. The molecule has 268 valence electrons. The molecule has 0 saturated carbocycles. The Morgan fingerprint density at radius 1 is 0.400 bits per heavy atom. The molecule has 0 fully saturated rings. The first kappa shape index (κ1) is 44.9. The van der Waals surface area contributed by atoms with Crippen LogP contribution < -0.4 is 0 Å². The van der Waals surface area contributed by atoms with Crippen LogP contribution in [-0.4, -0.2) is 49.9 Å². The van der Waals surface area contributed by atoms with E-state index in [1.165, 1.54) is 128 Å². The molecule has 0 amide bonds. The number of rotatable bonds is 38. The van der Waals surface area contributed by atoms with E-state index in [0.717, 1.165) is 25.7 Å². The molecule has 0 saturated heterocycles. The number of carbonyl (C=O) groups is 2. The highest BCUT2D eigenvalue weighted by atomic mass is 32.1. The predicted molar refractivity (Wildman–Crippen MR) is 199 cm³/mol. The van der Waals surface area contributed by atoms with Gasteiger partial charge in [0.15, 0.2) is 10.2 Å². The fourth-order valence-electron chi connectivity index (χ4n) is 6.07. The second kappa shape index (κ2) is 36.8. The first-order valence-electron chi connectivity index (χ1n) is 19.2. The summed E-state index contributed by atoms with van der Waals surface area (Å²) in [7, 11) is 0. The van der Waals surface area contributed by atoms with Gasteiger partial charge in [-0.05, 0) is 37.5 Å². The Morgan fingerprint density at radius 3 is 0.956 bits per heavy atom. The monoisotopic (exact) mass is 674 g/mol. The summed E-state index contributed by atoms with van der Waals surface area (Å²) in [5.41, 5.74) is 0. The van der Waals surface area contributed by atoms with Crippen molar-refractivity contribution in [1.82, 2.24) is 0 Å². The molecule has 0 radical (unpaired) electrons. The second-order valence-corrected chi connectivity index (χ2v) is 14.3. The van der Waals surface area contributed by atoms with E-state index in [4.69, 9.17) is 14.2 Å². The minimum atomic E-state index is -0.0160. The maximum atomic E-state index is 11.6. The molecule has 2 atom stereocenters. The van der Waals surface area contributed by atoms with E-state index >= 15 is 0 Å². The van der Waals surface area contributed by atoms with Crippen molar-refractivity contribution in [1.29, 1.82) is 0 Å². The zero-order chi connectivity index (χ0) is 33.1. The van der Waals surface area contributed by atoms with Crippen molar-refractivity contribution in [3.05, 3.63) is 0 Å². The van der Waals surface area contributed by atoms with Crippen molar-refractivity contribution in [2.24, 2.45) is 11.8 Å². The quantitative estimate of drug-likeness (QED) is 0.0504. The minimum absolute atomic E-state index is 0.0160. The Morgan fingerprint density at radius 2 is 0.667 bits per heavy atom. The number of thiol groups is 2. The lowest BCUT2D eigenvalue weighted by atomic mass is 9.94. The summed E-state index contributed by atoms with van der Waals surface area (Å²) in [4.78, 5) is 23.2. The molecule has 0 aromatic rings. The normalized spacial score (nSPS) is 12.9. The van der Waals surface area contributed by atoms with Crippen molar-refractivity contribution in [3.8, 4) is 0 Å². The van der Waals surface area contributed by atoms with Gasteiger partial charge in [0.05, 0.1) is 26.4 Å². The third kappa shape index (κ3) is 36.6. The number of hydrogen-bond acceptors (Lipinski definition) is 5. The highest BCUT2D eigenvalue weighted by Gasteiger charge is 2.13. The first-order valence-corrected chi connectivity index (χ1v) is 20.1. The van der Waals surface area contributed by atoms with Crippen LogP contribution in [0, 0.1) is 11.8 Å². The summed E-state index contributed by atoms with van der Waals surface area (Å²) in [6, 6.07) is 0. The predicted octanol–water partition coefficient (Wildman–Crippen LogP) is 11.4. The second-order valence-electron chi connectivity index (χ2n) is 13.3. The van der Waals surface area contributed by atoms with Gasteiger partial charge in [-0.25, -0.2) is 0 Å². The Kier molecular flexibility index (Phi) is 36.7. The lowest BCUT2D eigenvalue weighted by Gasteiger charge is -2.16. The molecular formula is C38H74O5S2. The van der Waals surface area contributed by atoms with E-state index < -0.39 is 0 Å². The van der Waals surface area contributed by atoms with Gasteiger partial charge in [-0.15, -0.1) is 25.3 Å². The van der Waals surface area contributed by atoms with Crippen molar-refractivity contribution < 1.29 is 23.8 Å². The van der Waals surface area contributed by atoms with Crippen LogP contribution >= 0.6 is 25.3 Å². The maximum Gasteiger partial charge on any atom is 0.186 e. The highest BCUT2D eigenvalue weighted by molar-refractivity contribution is 7.96. The van der Waals surface area contributed by atoms with E-state index in [2.05, 4.69) is 39.1 Å². The molecule has 0 aliphatic carbocycles. The number of ether oxygens (including phenoxy) is 3. The zero-order valence-corrected chi connectivity index (χ0v) is 31.5.